The van der Waals surface area contributed by atoms with Crippen molar-refractivity contribution in [1.29, 1.82) is 0 Å². The van der Waals surface area contributed by atoms with Crippen LogP contribution in [0.2, 0.25) is 9.49 Å². The van der Waals surface area contributed by atoms with Crippen molar-refractivity contribution in [2.45, 2.75) is 25.3 Å². The van der Waals surface area contributed by atoms with E-state index < -0.39 is 5.97 Å². The summed E-state index contributed by atoms with van der Waals surface area (Å²) in [4.78, 5) is 25.4. The summed E-state index contributed by atoms with van der Waals surface area (Å²) in [5, 5.41) is 3.27. The highest BCUT2D eigenvalue weighted by molar-refractivity contribution is 7.15. The van der Waals surface area contributed by atoms with Crippen molar-refractivity contribution in [1.82, 2.24) is 15.0 Å². The minimum absolute atomic E-state index is 0.0888. The molecule has 1 saturated carbocycles. The molecular formula is C13H12Cl2N4O2S. The smallest absolute Gasteiger partial charge is 0.358 e. The quantitative estimate of drug-likeness (QED) is 0.824. The molecule has 0 radical (unpaired) electrons. The number of halogens is 2. The number of thiazole rings is 1. The van der Waals surface area contributed by atoms with Gasteiger partial charge >= 0.3 is 5.97 Å². The van der Waals surface area contributed by atoms with Gasteiger partial charge in [0.15, 0.2) is 10.2 Å². The third-order valence-corrected chi connectivity index (χ3v) is 4.62. The standard InChI is InChI=1S/C13H12Cl2N4O2S/c1-21-12(20)9-8(14)11(19-10(18-9)6-2-3-6)16-4-7-5-17-13(15)22-7/h5-6H,2-4H2,1H3,(H,16,18,19). The molecule has 0 unspecified atom stereocenters. The topological polar surface area (TPSA) is 77.0 Å². The molecule has 0 bridgehead atoms. The molecule has 1 aliphatic carbocycles. The summed E-state index contributed by atoms with van der Waals surface area (Å²) < 4.78 is 5.20. The van der Waals surface area contributed by atoms with E-state index in [-0.39, 0.29) is 10.7 Å². The fraction of sp³-hybridized carbons (Fsp3) is 0.385. The summed E-state index contributed by atoms with van der Waals surface area (Å²) >= 11 is 13.4. The molecule has 1 fully saturated rings. The average molecular weight is 359 g/mol. The number of anilines is 1. The average Bonchev–Trinajstić information content (AvgIpc) is 3.28. The number of ether oxygens (including phenoxy) is 1. The Morgan fingerprint density at radius 1 is 1.45 bits per heavy atom. The molecule has 2 heterocycles. The lowest BCUT2D eigenvalue weighted by atomic mass is 10.3. The van der Waals surface area contributed by atoms with E-state index in [4.69, 9.17) is 27.9 Å². The zero-order valence-electron chi connectivity index (χ0n) is 11.6. The molecule has 1 aliphatic rings. The fourth-order valence-electron chi connectivity index (χ4n) is 1.87. The lowest BCUT2D eigenvalue weighted by Crippen LogP contribution is -2.12. The second-order valence-corrected chi connectivity index (χ2v) is 6.87. The van der Waals surface area contributed by atoms with Gasteiger partial charge in [0.05, 0.1) is 13.7 Å². The molecule has 0 amide bonds. The molecule has 2 aromatic rings. The van der Waals surface area contributed by atoms with Crippen molar-refractivity contribution in [3.05, 3.63) is 32.1 Å². The molecule has 1 N–H and O–H groups in total. The van der Waals surface area contributed by atoms with E-state index in [0.29, 0.717) is 28.6 Å². The molecule has 0 aliphatic heterocycles. The van der Waals surface area contributed by atoms with Gasteiger partial charge in [-0.3, -0.25) is 0 Å². The first-order valence-electron chi connectivity index (χ1n) is 6.58. The summed E-state index contributed by atoms with van der Waals surface area (Å²) in [5.41, 5.74) is 0.0888. The van der Waals surface area contributed by atoms with E-state index >= 15 is 0 Å². The number of nitrogens with one attached hydrogen (secondary N) is 1. The molecule has 6 nitrogen and oxygen atoms in total. The Hall–Kier alpha value is -1.44. The fourth-order valence-corrected chi connectivity index (χ4v) is 3.02. The third-order valence-electron chi connectivity index (χ3n) is 3.15. The Balaban J connectivity index is 1.87. The Bertz CT molecular complexity index is 718. The van der Waals surface area contributed by atoms with Gasteiger partial charge in [-0.05, 0) is 12.8 Å². The normalized spacial score (nSPS) is 14.0. The van der Waals surface area contributed by atoms with Crippen molar-refractivity contribution in [3.63, 3.8) is 0 Å². The number of hydrogen-bond acceptors (Lipinski definition) is 7. The van der Waals surface area contributed by atoms with Crippen molar-refractivity contribution in [2.75, 3.05) is 12.4 Å². The molecule has 3 rings (SSSR count). The highest BCUT2D eigenvalue weighted by atomic mass is 35.5. The highest BCUT2D eigenvalue weighted by Gasteiger charge is 2.30. The molecule has 9 heteroatoms. The predicted octanol–water partition coefficient (Wildman–Crippen LogP) is 3.52. The lowest BCUT2D eigenvalue weighted by Gasteiger charge is -2.11. The molecule has 0 aromatic carbocycles. The number of hydrogen-bond donors (Lipinski definition) is 1. The van der Waals surface area contributed by atoms with E-state index in [0.717, 1.165) is 17.7 Å². The van der Waals surface area contributed by atoms with Crippen LogP contribution < -0.4 is 5.32 Å². The van der Waals surface area contributed by atoms with Crippen molar-refractivity contribution in [3.8, 4) is 0 Å². The Kier molecular flexibility index (Phi) is 4.46. The van der Waals surface area contributed by atoms with Crippen LogP contribution in [0, 0.1) is 0 Å². The summed E-state index contributed by atoms with van der Waals surface area (Å²) in [7, 11) is 1.30. The number of esters is 1. The second kappa shape index (κ2) is 6.36. The number of methoxy groups -OCH3 is 1. The van der Waals surface area contributed by atoms with Gasteiger partial charge in [-0.2, -0.15) is 0 Å². The Labute approximate surface area is 140 Å². The van der Waals surface area contributed by atoms with Gasteiger partial charge < -0.3 is 10.1 Å². The van der Waals surface area contributed by atoms with E-state index in [1.165, 1.54) is 18.4 Å². The Morgan fingerprint density at radius 2 is 2.23 bits per heavy atom. The predicted molar refractivity (Wildman–Crippen MR) is 84.8 cm³/mol. The van der Waals surface area contributed by atoms with Crippen molar-refractivity contribution in [2.24, 2.45) is 0 Å². The van der Waals surface area contributed by atoms with Crippen molar-refractivity contribution >= 4 is 46.3 Å². The molecule has 116 valence electrons. The minimum atomic E-state index is -0.571. The maximum absolute atomic E-state index is 11.8. The lowest BCUT2D eigenvalue weighted by molar-refractivity contribution is 0.0593. The molecule has 0 atom stereocenters. The van der Waals surface area contributed by atoms with Gasteiger partial charge in [0, 0.05) is 17.0 Å². The second-order valence-electron chi connectivity index (χ2n) is 4.79. The summed E-state index contributed by atoms with van der Waals surface area (Å²) in [6.45, 7) is 0.464. The van der Waals surface area contributed by atoms with Gasteiger partial charge in [-0.25, -0.2) is 19.7 Å². The largest absolute Gasteiger partial charge is 0.464 e. The molecule has 0 saturated heterocycles. The summed E-state index contributed by atoms with van der Waals surface area (Å²) in [6.07, 6.45) is 3.72. The zero-order valence-corrected chi connectivity index (χ0v) is 13.9. The molecule has 22 heavy (non-hydrogen) atoms. The van der Waals surface area contributed by atoms with Crippen LogP contribution in [0.15, 0.2) is 6.20 Å². The van der Waals surface area contributed by atoms with Gasteiger partial charge in [0.1, 0.15) is 16.7 Å². The van der Waals surface area contributed by atoms with Crippen LogP contribution in [0.3, 0.4) is 0 Å². The van der Waals surface area contributed by atoms with Gasteiger partial charge in [-0.15, -0.1) is 11.3 Å². The molecule has 0 spiro atoms. The van der Waals surface area contributed by atoms with E-state index in [9.17, 15) is 4.79 Å². The van der Waals surface area contributed by atoms with Crippen LogP contribution in [0.5, 0.6) is 0 Å². The van der Waals surface area contributed by atoms with Crippen LogP contribution >= 0.6 is 34.5 Å². The first-order chi connectivity index (χ1) is 10.6. The van der Waals surface area contributed by atoms with E-state index in [1.807, 2.05) is 0 Å². The van der Waals surface area contributed by atoms with Crippen LogP contribution in [0.25, 0.3) is 0 Å². The number of nitrogens with zero attached hydrogens (tertiary/aromatic N) is 3. The van der Waals surface area contributed by atoms with E-state index in [1.54, 1.807) is 6.20 Å². The maximum Gasteiger partial charge on any atom is 0.358 e. The molecule has 2 aromatic heterocycles. The monoisotopic (exact) mass is 358 g/mol. The SMILES string of the molecule is COC(=O)c1nc(C2CC2)nc(NCc2cnc(Cl)s2)c1Cl. The van der Waals surface area contributed by atoms with Crippen LogP contribution in [-0.4, -0.2) is 28.0 Å². The zero-order chi connectivity index (χ0) is 15.7. The maximum atomic E-state index is 11.8. The number of aromatic nitrogens is 3. The summed E-state index contributed by atoms with van der Waals surface area (Å²) in [5.74, 6) is 0.760. The van der Waals surface area contributed by atoms with Gasteiger partial charge in [0.25, 0.3) is 0 Å². The first kappa shape index (κ1) is 15.5. The van der Waals surface area contributed by atoms with Crippen molar-refractivity contribution < 1.29 is 9.53 Å². The first-order valence-corrected chi connectivity index (χ1v) is 8.15. The van der Waals surface area contributed by atoms with Gasteiger partial charge in [-0.1, -0.05) is 23.2 Å². The van der Waals surface area contributed by atoms with Crippen LogP contribution in [-0.2, 0) is 11.3 Å². The number of carbonyl (C=O) groups is 1. The van der Waals surface area contributed by atoms with Crippen LogP contribution in [0.4, 0.5) is 5.82 Å². The number of rotatable bonds is 5. The van der Waals surface area contributed by atoms with Crippen LogP contribution in [0.1, 0.15) is 39.9 Å². The molecular weight excluding hydrogens is 347 g/mol. The number of carbonyl (C=O) groups excluding carboxylic acids is 1. The minimum Gasteiger partial charge on any atom is -0.464 e. The summed E-state index contributed by atoms with van der Waals surface area (Å²) in [6, 6.07) is 0. The van der Waals surface area contributed by atoms with Gasteiger partial charge in [0.2, 0.25) is 0 Å². The third kappa shape index (κ3) is 3.31. The highest BCUT2D eigenvalue weighted by Crippen LogP contribution is 2.39. The Morgan fingerprint density at radius 3 is 2.82 bits per heavy atom. The van der Waals surface area contributed by atoms with E-state index in [2.05, 4.69) is 20.3 Å².